The standard InChI is InChI=1S/C11H10FNO2S2/c1-17(14,15)7-2-3-8(9(13)6-7)10-4-5-11(12)16-10/h2-6H,13H2,1H3. The van der Waals surface area contributed by atoms with Crippen LogP contribution in [-0.4, -0.2) is 14.7 Å². The van der Waals surface area contributed by atoms with Gasteiger partial charge in [-0.15, -0.1) is 11.3 Å². The second-order valence-electron chi connectivity index (χ2n) is 3.62. The Hall–Kier alpha value is -1.40. The monoisotopic (exact) mass is 271 g/mol. The Labute approximate surface area is 103 Å². The zero-order chi connectivity index (χ0) is 12.6. The lowest BCUT2D eigenvalue weighted by Crippen LogP contribution is -1.99. The van der Waals surface area contributed by atoms with Gasteiger partial charge in [0.1, 0.15) is 0 Å². The van der Waals surface area contributed by atoms with Gasteiger partial charge in [-0.05, 0) is 24.3 Å². The third kappa shape index (κ3) is 2.48. The van der Waals surface area contributed by atoms with Crippen LogP contribution in [0.15, 0.2) is 35.2 Å². The SMILES string of the molecule is CS(=O)(=O)c1ccc(-c2ccc(F)s2)c(N)c1. The molecular formula is C11H10FNO2S2. The van der Waals surface area contributed by atoms with Crippen LogP contribution in [0.4, 0.5) is 10.1 Å². The number of anilines is 1. The first-order valence-corrected chi connectivity index (χ1v) is 7.44. The molecule has 0 unspecified atom stereocenters. The van der Waals surface area contributed by atoms with Gasteiger partial charge in [0, 0.05) is 22.4 Å². The van der Waals surface area contributed by atoms with Crippen LogP contribution < -0.4 is 5.73 Å². The van der Waals surface area contributed by atoms with Crippen molar-refractivity contribution < 1.29 is 12.8 Å². The van der Waals surface area contributed by atoms with E-state index < -0.39 is 9.84 Å². The molecule has 0 saturated carbocycles. The highest BCUT2D eigenvalue weighted by Gasteiger charge is 2.11. The zero-order valence-electron chi connectivity index (χ0n) is 8.98. The van der Waals surface area contributed by atoms with Gasteiger partial charge in [-0.2, -0.15) is 4.39 Å². The second kappa shape index (κ2) is 4.12. The fourth-order valence-corrected chi connectivity index (χ4v) is 2.89. The minimum Gasteiger partial charge on any atom is -0.398 e. The van der Waals surface area contributed by atoms with Crippen LogP contribution in [0, 0.1) is 5.13 Å². The molecule has 2 aromatic rings. The van der Waals surface area contributed by atoms with E-state index in [1.165, 1.54) is 18.2 Å². The molecular weight excluding hydrogens is 261 g/mol. The van der Waals surface area contributed by atoms with E-state index in [9.17, 15) is 12.8 Å². The summed E-state index contributed by atoms with van der Waals surface area (Å²) in [5, 5.41) is -0.299. The van der Waals surface area contributed by atoms with Gasteiger partial charge in [-0.1, -0.05) is 6.07 Å². The quantitative estimate of drug-likeness (QED) is 0.854. The van der Waals surface area contributed by atoms with E-state index in [-0.39, 0.29) is 10.0 Å². The van der Waals surface area contributed by atoms with Gasteiger partial charge in [0.05, 0.1) is 4.90 Å². The summed E-state index contributed by atoms with van der Waals surface area (Å²) in [7, 11) is -3.27. The van der Waals surface area contributed by atoms with Gasteiger partial charge in [-0.3, -0.25) is 0 Å². The summed E-state index contributed by atoms with van der Waals surface area (Å²) in [6.07, 6.45) is 1.12. The first-order valence-electron chi connectivity index (χ1n) is 4.73. The van der Waals surface area contributed by atoms with Crippen molar-refractivity contribution in [2.24, 2.45) is 0 Å². The van der Waals surface area contributed by atoms with E-state index >= 15 is 0 Å². The van der Waals surface area contributed by atoms with E-state index in [4.69, 9.17) is 5.73 Å². The van der Waals surface area contributed by atoms with Gasteiger partial charge in [0.2, 0.25) is 0 Å². The van der Waals surface area contributed by atoms with Crippen molar-refractivity contribution in [1.82, 2.24) is 0 Å². The third-order valence-electron chi connectivity index (χ3n) is 2.29. The fourth-order valence-electron chi connectivity index (χ4n) is 1.45. The summed E-state index contributed by atoms with van der Waals surface area (Å²) >= 11 is 0.972. The third-order valence-corrected chi connectivity index (χ3v) is 4.31. The van der Waals surface area contributed by atoms with E-state index in [1.54, 1.807) is 12.1 Å². The molecule has 1 heterocycles. The summed E-state index contributed by atoms with van der Waals surface area (Å²) in [6.45, 7) is 0. The Balaban J connectivity index is 2.53. The number of sulfone groups is 1. The summed E-state index contributed by atoms with van der Waals surface area (Å²) < 4.78 is 35.5. The maximum Gasteiger partial charge on any atom is 0.176 e. The van der Waals surface area contributed by atoms with E-state index in [2.05, 4.69) is 0 Å². The molecule has 1 aromatic heterocycles. The highest BCUT2D eigenvalue weighted by atomic mass is 32.2. The maximum absolute atomic E-state index is 12.9. The van der Waals surface area contributed by atoms with Crippen molar-refractivity contribution in [1.29, 1.82) is 0 Å². The maximum atomic E-state index is 12.9. The topological polar surface area (TPSA) is 60.2 Å². The number of nitrogens with two attached hydrogens (primary N) is 1. The average Bonchev–Trinajstić information content (AvgIpc) is 2.63. The molecule has 0 saturated heterocycles. The number of rotatable bonds is 2. The van der Waals surface area contributed by atoms with Crippen LogP contribution in [-0.2, 0) is 9.84 Å². The number of benzene rings is 1. The first-order chi connectivity index (χ1) is 7.88. The molecule has 2 N–H and O–H groups in total. The van der Waals surface area contributed by atoms with Crippen LogP contribution in [0.25, 0.3) is 10.4 Å². The van der Waals surface area contributed by atoms with E-state index in [0.717, 1.165) is 17.6 Å². The van der Waals surface area contributed by atoms with Crippen LogP contribution in [0.2, 0.25) is 0 Å². The lowest BCUT2D eigenvalue weighted by Gasteiger charge is -2.05. The molecule has 0 aliphatic carbocycles. The molecule has 0 aliphatic heterocycles. The predicted molar refractivity (Wildman–Crippen MR) is 67.2 cm³/mol. The average molecular weight is 271 g/mol. The van der Waals surface area contributed by atoms with Crippen LogP contribution in [0.1, 0.15) is 0 Å². The van der Waals surface area contributed by atoms with Crippen molar-refractivity contribution >= 4 is 26.9 Å². The molecule has 1 aromatic carbocycles. The van der Waals surface area contributed by atoms with Crippen molar-refractivity contribution in [2.75, 3.05) is 12.0 Å². The number of hydrogen-bond acceptors (Lipinski definition) is 4. The lowest BCUT2D eigenvalue weighted by molar-refractivity contribution is 0.602. The van der Waals surface area contributed by atoms with Crippen LogP contribution in [0.5, 0.6) is 0 Å². The Kier molecular flexibility index (Phi) is 2.92. The molecule has 0 aliphatic rings. The number of nitrogen functional groups attached to an aromatic ring is 1. The lowest BCUT2D eigenvalue weighted by atomic mass is 10.1. The largest absolute Gasteiger partial charge is 0.398 e. The smallest absolute Gasteiger partial charge is 0.176 e. The first kappa shape index (κ1) is 12.1. The van der Waals surface area contributed by atoms with Crippen molar-refractivity contribution in [3.8, 4) is 10.4 Å². The molecule has 17 heavy (non-hydrogen) atoms. The van der Waals surface area contributed by atoms with Gasteiger partial charge in [0.25, 0.3) is 0 Å². The Morgan fingerprint density at radius 3 is 2.41 bits per heavy atom. The second-order valence-corrected chi connectivity index (χ2v) is 6.67. The number of hydrogen-bond donors (Lipinski definition) is 1. The molecule has 0 amide bonds. The molecule has 90 valence electrons. The molecule has 0 spiro atoms. The minimum atomic E-state index is -3.27. The van der Waals surface area contributed by atoms with Crippen LogP contribution >= 0.6 is 11.3 Å². The highest BCUT2D eigenvalue weighted by Crippen LogP contribution is 2.32. The van der Waals surface area contributed by atoms with Gasteiger partial charge in [0.15, 0.2) is 15.0 Å². The molecule has 0 fully saturated rings. The summed E-state index contributed by atoms with van der Waals surface area (Å²) in [4.78, 5) is 0.843. The van der Waals surface area contributed by atoms with Gasteiger partial charge < -0.3 is 5.73 Å². The Morgan fingerprint density at radius 1 is 1.24 bits per heavy atom. The molecule has 2 rings (SSSR count). The van der Waals surface area contributed by atoms with Crippen molar-refractivity contribution in [3.63, 3.8) is 0 Å². The number of thiophene rings is 1. The minimum absolute atomic E-state index is 0.163. The number of halogens is 1. The molecule has 6 heteroatoms. The molecule has 0 bridgehead atoms. The normalized spacial score (nSPS) is 11.6. The van der Waals surface area contributed by atoms with Crippen molar-refractivity contribution in [3.05, 3.63) is 35.5 Å². The summed E-state index contributed by atoms with van der Waals surface area (Å²) in [5.41, 5.74) is 6.75. The van der Waals surface area contributed by atoms with Crippen LogP contribution in [0.3, 0.4) is 0 Å². The predicted octanol–water partition coefficient (Wildman–Crippen LogP) is 2.54. The van der Waals surface area contributed by atoms with Gasteiger partial charge in [-0.25, -0.2) is 8.42 Å². The Bertz CT molecular complexity index is 662. The zero-order valence-corrected chi connectivity index (χ0v) is 10.6. The highest BCUT2D eigenvalue weighted by molar-refractivity contribution is 7.90. The Morgan fingerprint density at radius 2 is 1.94 bits per heavy atom. The summed E-state index contributed by atoms with van der Waals surface area (Å²) in [6, 6.07) is 7.42. The molecule has 3 nitrogen and oxygen atoms in total. The molecule has 0 radical (unpaired) electrons. The summed E-state index contributed by atoms with van der Waals surface area (Å²) in [5.74, 6) is 0. The van der Waals surface area contributed by atoms with E-state index in [1.807, 2.05) is 0 Å². The molecule has 0 atom stereocenters. The van der Waals surface area contributed by atoms with Gasteiger partial charge >= 0.3 is 0 Å². The van der Waals surface area contributed by atoms with E-state index in [0.29, 0.717) is 16.1 Å². The van der Waals surface area contributed by atoms with Crippen molar-refractivity contribution in [2.45, 2.75) is 4.90 Å². The fraction of sp³-hybridized carbons (Fsp3) is 0.0909.